The van der Waals surface area contributed by atoms with E-state index in [1.165, 1.54) is 18.3 Å². The summed E-state index contributed by atoms with van der Waals surface area (Å²) >= 11 is 18.1. The van der Waals surface area contributed by atoms with Gasteiger partial charge in [0.2, 0.25) is 5.91 Å². The smallest absolute Gasteiger partial charge is 0.374 e. The summed E-state index contributed by atoms with van der Waals surface area (Å²) in [4.78, 5) is 20.9. The van der Waals surface area contributed by atoms with Gasteiger partial charge in [0.05, 0.1) is 29.4 Å². The number of carbonyl (C=O) groups is 1. The number of halogens is 6. The standard InChI is InChI=1S/C20H15Cl3F3N3O2/c21-13-4-12(5-14(22)6-13)19(20(24,25)26)7-16(29-31-19)11-3-15(23)17(27-8-11)9-28-18(30)10-1-2-10/h3-6,8,10H,1-2,7,9H2,(H,28,30). The third kappa shape index (κ3) is 4.47. The number of nitrogens with zero attached hydrogens (tertiary/aromatic N) is 2. The Balaban J connectivity index is 1.57. The molecule has 1 aliphatic heterocycles. The summed E-state index contributed by atoms with van der Waals surface area (Å²) in [5.41, 5.74) is -2.28. The van der Waals surface area contributed by atoms with Gasteiger partial charge in [0, 0.05) is 33.3 Å². The van der Waals surface area contributed by atoms with Gasteiger partial charge in [-0.05, 0) is 37.1 Å². The Morgan fingerprint density at radius 2 is 1.84 bits per heavy atom. The zero-order chi connectivity index (χ0) is 22.4. The quantitative estimate of drug-likeness (QED) is 0.587. The summed E-state index contributed by atoms with van der Waals surface area (Å²) in [6.45, 7) is 0.130. The number of hydrogen-bond donors (Lipinski definition) is 1. The van der Waals surface area contributed by atoms with Gasteiger partial charge in [-0.1, -0.05) is 40.0 Å². The molecule has 11 heteroatoms. The molecule has 1 aliphatic carbocycles. The van der Waals surface area contributed by atoms with Crippen molar-refractivity contribution in [3.05, 3.63) is 62.4 Å². The number of carbonyl (C=O) groups excluding carboxylic acids is 1. The maximum Gasteiger partial charge on any atom is 0.435 e. The molecule has 0 spiro atoms. The second kappa shape index (κ2) is 8.15. The molecule has 1 aromatic heterocycles. The molecular weight excluding hydrogens is 478 g/mol. The molecule has 1 fully saturated rings. The minimum Gasteiger partial charge on any atom is -0.374 e. The predicted octanol–water partition coefficient (Wildman–Crippen LogP) is 5.65. The fourth-order valence-electron chi connectivity index (χ4n) is 3.26. The Bertz CT molecular complexity index is 1050. The summed E-state index contributed by atoms with van der Waals surface area (Å²) in [5.74, 6) is -0.0239. The summed E-state index contributed by atoms with van der Waals surface area (Å²) in [6.07, 6.45) is -2.32. The van der Waals surface area contributed by atoms with E-state index in [4.69, 9.17) is 39.6 Å². The molecule has 2 heterocycles. The number of amides is 1. The monoisotopic (exact) mass is 491 g/mol. The van der Waals surface area contributed by atoms with Crippen LogP contribution >= 0.6 is 34.8 Å². The molecule has 0 saturated heterocycles. The van der Waals surface area contributed by atoms with E-state index in [0.717, 1.165) is 25.0 Å². The normalized spacial score (nSPS) is 20.9. The lowest BCUT2D eigenvalue weighted by Gasteiger charge is -2.29. The molecule has 1 saturated carbocycles. The van der Waals surface area contributed by atoms with Gasteiger partial charge in [-0.2, -0.15) is 13.2 Å². The number of nitrogens with one attached hydrogen (secondary N) is 1. The van der Waals surface area contributed by atoms with E-state index in [1.807, 2.05) is 0 Å². The zero-order valence-corrected chi connectivity index (χ0v) is 18.0. The van der Waals surface area contributed by atoms with E-state index in [2.05, 4.69) is 15.5 Å². The van der Waals surface area contributed by atoms with Crippen LogP contribution in [0, 0.1) is 5.92 Å². The van der Waals surface area contributed by atoms with Crippen LogP contribution < -0.4 is 5.32 Å². The Kier molecular flexibility index (Phi) is 5.83. The molecule has 0 radical (unpaired) electrons. The molecule has 31 heavy (non-hydrogen) atoms. The van der Waals surface area contributed by atoms with Crippen LogP contribution in [-0.4, -0.2) is 22.8 Å². The maximum atomic E-state index is 14.1. The number of pyridine rings is 1. The van der Waals surface area contributed by atoms with Crippen molar-refractivity contribution in [3.8, 4) is 0 Å². The fourth-order valence-corrected chi connectivity index (χ4v) is 4.02. The highest BCUT2D eigenvalue weighted by molar-refractivity contribution is 6.34. The number of benzene rings is 1. The Labute approximate surface area is 190 Å². The van der Waals surface area contributed by atoms with Crippen LogP contribution in [0.5, 0.6) is 0 Å². The molecule has 1 atom stereocenters. The van der Waals surface area contributed by atoms with E-state index in [-0.39, 0.29) is 50.3 Å². The average molecular weight is 493 g/mol. The Hall–Kier alpha value is -2.03. The maximum absolute atomic E-state index is 14.1. The minimum atomic E-state index is -4.80. The largest absolute Gasteiger partial charge is 0.435 e. The molecule has 1 unspecified atom stereocenters. The number of hydrogen-bond acceptors (Lipinski definition) is 4. The van der Waals surface area contributed by atoms with Gasteiger partial charge >= 0.3 is 6.18 Å². The summed E-state index contributed by atoms with van der Waals surface area (Å²) in [5, 5.41) is 6.72. The molecule has 2 aliphatic rings. The van der Waals surface area contributed by atoms with Crippen molar-refractivity contribution < 1.29 is 22.8 Å². The van der Waals surface area contributed by atoms with E-state index < -0.39 is 18.2 Å². The predicted molar refractivity (Wildman–Crippen MR) is 110 cm³/mol. The van der Waals surface area contributed by atoms with Crippen LogP contribution in [-0.2, 0) is 21.8 Å². The third-order valence-electron chi connectivity index (χ3n) is 5.14. The van der Waals surface area contributed by atoms with E-state index in [0.29, 0.717) is 5.69 Å². The molecule has 5 nitrogen and oxygen atoms in total. The topological polar surface area (TPSA) is 63.6 Å². The highest BCUT2D eigenvalue weighted by Gasteiger charge is 2.62. The summed E-state index contributed by atoms with van der Waals surface area (Å²) < 4.78 is 42.2. The van der Waals surface area contributed by atoms with Crippen molar-refractivity contribution in [2.24, 2.45) is 11.1 Å². The Morgan fingerprint density at radius 1 is 1.16 bits per heavy atom. The second-order valence-corrected chi connectivity index (χ2v) is 8.71. The van der Waals surface area contributed by atoms with Crippen molar-refractivity contribution in [2.45, 2.75) is 37.6 Å². The van der Waals surface area contributed by atoms with Gasteiger partial charge in [0.25, 0.3) is 5.60 Å². The lowest BCUT2D eigenvalue weighted by atomic mass is 9.87. The van der Waals surface area contributed by atoms with E-state index in [9.17, 15) is 18.0 Å². The van der Waals surface area contributed by atoms with E-state index >= 15 is 0 Å². The van der Waals surface area contributed by atoms with Gasteiger partial charge in [-0.3, -0.25) is 9.78 Å². The van der Waals surface area contributed by atoms with Crippen LogP contribution in [0.15, 0.2) is 35.6 Å². The van der Waals surface area contributed by atoms with E-state index in [1.54, 1.807) is 0 Å². The number of rotatable bonds is 5. The van der Waals surface area contributed by atoms with Crippen molar-refractivity contribution in [1.29, 1.82) is 0 Å². The van der Waals surface area contributed by atoms with Gasteiger partial charge in [-0.25, -0.2) is 0 Å². The number of oxime groups is 1. The van der Waals surface area contributed by atoms with Gasteiger partial charge in [-0.15, -0.1) is 0 Å². The van der Waals surface area contributed by atoms with Crippen molar-refractivity contribution in [1.82, 2.24) is 10.3 Å². The molecule has 4 rings (SSSR count). The zero-order valence-electron chi connectivity index (χ0n) is 15.8. The first-order valence-corrected chi connectivity index (χ1v) is 10.4. The highest BCUT2D eigenvalue weighted by Crippen LogP contribution is 2.49. The fraction of sp³-hybridized carbons (Fsp3) is 0.350. The first kappa shape index (κ1) is 22.2. The molecule has 164 valence electrons. The van der Waals surface area contributed by atoms with Crippen LogP contribution in [0.4, 0.5) is 13.2 Å². The molecule has 1 N–H and O–H groups in total. The highest BCUT2D eigenvalue weighted by atomic mass is 35.5. The van der Waals surface area contributed by atoms with Crippen molar-refractivity contribution in [2.75, 3.05) is 0 Å². The molecule has 0 bridgehead atoms. The lowest BCUT2D eigenvalue weighted by Crippen LogP contribution is -2.42. The molecule has 1 amide bonds. The minimum absolute atomic E-state index is 0.0244. The summed E-state index contributed by atoms with van der Waals surface area (Å²) in [6, 6.07) is 5.08. The van der Waals surface area contributed by atoms with Crippen LogP contribution in [0.25, 0.3) is 0 Å². The Morgan fingerprint density at radius 3 is 2.42 bits per heavy atom. The summed E-state index contributed by atoms with van der Waals surface area (Å²) in [7, 11) is 0. The van der Waals surface area contributed by atoms with Gasteiger partial charge in [0.15, 0.2) is 0 Å². The second-order valence-electron chi connectivity index (χ2n) is 7.43. The van der Waals surface area contributed by atoms with Gasteiger partial charge < -0.3 is 10.2 Å². The average Bonchev–Trinajstić information content (AvgIpc) is 3.43. The number of alkyl halides is 3. The van der Waals surface area contributed by atoms with Crippen molar-refractivity contribution >= 4 is 46.4 Å². The van der Waals surface area contributed by atoms with Crippen molar-refractivity contribution in [3.63, 3.8) is 0 Å². The number of aromatic nitrogens is 1. The first-order chi connectivity index (χ1) is 14.6. The molecule has 1 aromatic carbocycles. The SMILES string of the molecule is O=C(NCc1ncc(C2=NOC(c3cc(Cl)cc(Cl)c3)(C(F)(F)F)C2)cc1Cl)C1CC1. The first-order valence-electron chi connectivity index (χ1n) is 9.30. The lowest BCUT2D eigenvalue weighted by molar-refractivity contribution is -0.275. The van der Waals surface area contributed by atoms with Gasteiger partial charge in [0.1, 0.15) is 0 Å². The van der Waals surface area contributed by atoms with Crippen LogP contribution in [0.2, 0.25) is 15.1 Å². The molecule has 2 aromatic rings. The molecular formula is C20H15Cl3F3N3O2. The third-order valence-corrected chi connectivity index (χ3v) is 5.91. The van der Waals surface area contributed by atoms with Crippen LogP contribution in [0.1, 0.15) is 36.1 Å². The van der Waals surface area contributed by atoms with Crippen LogP contribution in [0.3, 0.4) is 0 Å².